The number of morpholine rings is 1. The van der Waals surface area contributed by atoms with Gasteiger partial charge >= 0.3 is 0 Å². The summed E-state index contributed by atoms with van der Waals surface area (Å²) in [6, 6.07) is 10.3. The Morgan fingerprint density at radius 3 is 2.60 bits per heavy atom. The number of nitrogens with one attached hydrogen (secondary N) is 1. The van der Waals surface area contributed by atoms with Gasteiger partial charge in [-0.05, 0) is 68.3 Å². The number of Topliss-reactive ketones (excluding diaryl/α,β-unsaturated/α-hetero) is 1. The first-order valence-corrected chi connectivity index (χ1v) is 14.6. The lowest BCUT2D eigenvalue weighted by molar-refractivity contribution is 0.0374. The van der Waals surface area contributed by atoms with E-state index < -0.39 is 5.82 Å². The number of carbonyl (C=O) groups is 2. The Morgan fingerprint density at radius 2 is 1.85 bits per heavy atom. The Morgan fingerprint density at radius 1 is 1.07 bits per heavy atom. The molecule has 2 fully saturated rings. The Balaban J connectivity index is 1.32. The molecule has 0 saturated carbocycles. The van der Waals surface area contributed by atoms with Gasteiger partial charge in [-0.25, -0.2) is 9.37 Å². The van der Waals surface area contributed by atoms with E-state index in [1.54, 1.807) is 22.8 Å². The highest BCUT2D eigenvalue weighted by molar-refractivity contribution is 7.99. The van der Waals surface area contributed by atoms with E-state index in [9.17, 15) is 18.8 Å². The molecule has 2 aliphatic rings. The summed E-state index contributed by atoms with van der Waals surface area (Å²) in [5.74, 6) is -0.816. The predicted molar refractivity (Wildman–Crippen MR) is 151 cm³/mol. The molecule has 3 heterocycles. The van der Waals surface area contributed by atoms with Gasteiger partial charge in [0.05, 0.1) is 42.5 Å². The number of thioether (sulfide) groups is 1. The number of carbonyl (C=O) groups excluding carboxylic acids is 2. The first-order valence-electron chi connectivity index (χ1n) is 13.6. The number of ketones is 1. The van der Waals surface area contributed by atoms with Gasteiger partial charge in [0.15, 0.2) is 10.9 Å². The van der Waals surface area contributed by atoms with Gasteiger partial charge in [-0.3, -0.25) is 23.9 Å². The largest absolute Gasteiger partial charge is 0.379 e. The maximum Gasteiger partial charge on any atom is 0.262 e. The molecule has 212 valence electrons. The van der Waals surface area contributed by atoms with E-state index in [2.05, 4.69) is 10.2 Å². The van der Waals surface area contributed by atoms with Gasteiger partial charge in [0.25, 0.3) is 11.5 Å². The molecule has 3 aromatic rings. The van der Waals surface area contributed by atoms with Gasteiger partial charge in [0.1, 0.15) is 5.82 Å². The molecular formula is C29H33FN4O5S. The van der Waals surface area contributed by atoms with Crippen molar-refractivity contribution in [2.75, 3.05) is 51.8 Å². The molecule has 2 aromatic carbocycles. The van der Waals surface area contributed by atoms with Crippen LogP contribution in [-0.4, -0.2) is 84.0 Å². The van der Waals surface area contributed by atoms with Crippen molar-refractivity contribution in [2.45, 2.75) is 37.1 Å². The van der Waals surface area contributed by atoms with Crippen LogP contribution in [0.5, 0.6) is 0 Å². The van der Waals surface area contributed by atoms with Crippen molar-refractivity contribution in [3.8, 4) is 0 Å². The normalized spacial score (nSPS) is 17.8. The number of hydrogen-bond acceptors (Lipinski definition) is 8. The fourth-order valence-corrected chi connectivity index (χ4v) is 5.79. The van der Waals surface area contributed by atoms with Gasteiger partial charge in [0, 0.05) is 37.4 Å². The number of aromatic nitrogens is 2. The van der Waals surface area contributed by atoms with E-state index >= 15 is 0 Å². The van der Waals surface area contributed by atoms with Crippen molar-refractivity contribution < 1.29 is 23.5 Å². The minimum atomic E-state index is -0.414. The third-order valence-corrected chi connectivity index (χ3v) is 8.11. The predicted octanol–water partition coefficient (Wildman–Crippen LogP) is 3.14. The number of benzene rings is 2. The number of fused-ring (bicyclic) bond motifs is 1. The van der Waals surface area contributed by atoms with Crippen molar-refractivity contribution in [3.05, 3.63) is 69.8 Å². The lowest BCUT2D eigenvalue weighted by Gasteiger charge is -2.26. The quantitative estimate of drug-likeness (QED) is 0.163. The van der Waals surface area contributed by atoms with Crippen LogP contribution >= 0.6 is 11.8 Å². The number of halogens is 1. The average molecular weight is 569 g/mol. The molecule has 1 N–H and O–H groups in total. The van der Waals surface area contributed by atoms with E-state index in [4.69, 9.17) is 14.5 Å². The van der Waals surface area contributed by atoms with E-state index in [0.29, 0.717) is 46.9 Å². The molecule has 1 unspecified atom stereocenters. The van der Waals surface area contributed by atoms with Crippen molar-refractivity contribution in [1.82, 2.24) is 19.8 Å². The number of ether oxygens (including phenoxy) is 2. The SMILES string of the molecule is O=C(CSc1nc2cc(C(=O)NCCCN3CCOCC3)ccc2c(=O)n1CC1CCCO1)c1ccc(F)cc1. The van der Waals surface area contributed by atoms with Crippen LogP contribution in [0, 0.1) is 5.82 Å². The Bertz CT molecular complexity index is 1400. The number of hydrogen-bond donors (Lipinski definition) is 1. The molecular weight excluding hydrogens is 535 g/mol. The molecule has 40 heavy (non-hydrogen) atoms. The second-order valence-electron chi connectivity index (χ2n) is 9.96. The van der Waals surface area contributed by atoms with Gasteiger partial charge in [-0.2, -0.15) is 0 Å². The summed E-state index contributed by atoms with van der Waals surface area (Å²) < 4.78 is 26.0. The minimum absolute atomic E-state index is 0.0262. The molecule has 11 heteroatoms. The third-order valence-electron chi connectivity index (χ3n) is 7.13. The minimum Gasteiger partial charge on any atom is -0.379 e. The highest BCUT2D eigenvalue weighted by atomic mass is 32.2. The van der Waals surface area contributed by atoms with Crippen LogP contribution in [0.15, 0.2) is 52.4 Å². The van der Waals surface area contributed by atoms with Gasteiger partial charge in [-0.1, -0.05) is 11.8 Å². The van der Waals surface area contributed by atoms with E-state index in [0.717, 1.165) is 63.9 Å². The zero-order valence-corrected chi connectivity index (χ0v) is 23.1. The summed E-state index contributed by atoms with van der Waals surface area (Å²) in [5.41, 5.74) is 0.956. The van der Waals surface area contributed by atoms with E-state index in [1.807, 2.05) is 0 Å². The molecule has 0 radical (unpaired) electrons. The summed E-state index contributed by atoms with van der Waals surface area (Å²) in [6.45, 7) is 5.72. The highest BCUT2D eigenvalue weighted by Crippen LogP contribution is 2.23. The molecule has 1 atom stereocenters. The summed E-state index contributed by atoms with van der Waals surface area (Å²) in [5, 5.41) is 3.73. The smallest absolute Gasteiger partial charge is 0.262 e. The Labute approximate surface area is 236 Å². The number of nitrogens with zero attached hydrogens (tertiary/aromatic N) is 3. The molecule has 1 aromatic heterocycles. The fraction of sp³-hybridized carbons (Fsp3) is 0.448. The van der Waals surface area contributed by atoms with Crippen LogP contribution in [0.4, 0.5) is 4.39 Å². The first kappa shape index (κ1) is 28.4. The van der Waals surface area contributed by atoms with Crippen LogP contribution < -0.4 is 10.9 Å². The third kappa shape index (κ3) is 7.14. The molecule has 9 nitrogen and oxygen atoms in total. The summed E-state index contributed by atoms with van der Waals surface area (Å²) in [6.07, 6.45) is 2.49. The summed E-state index contributed by atoms with van der Waals surface area (Å²) in [7, 11) is 0. The summed E-state index contributed by atoms with van der Waals surface area (Å²) >= 11 is 1.15. The van der Waals surface area contributed by atoms with Crippen LogP contribution in [-0.2, 0) is 16.0 Å². The second kappa shape index (κ2) is 13.5. The lowest BCUT2D eigenvalue weighted by Crippen LogP contribution is -2.38. The monoisotopic (exact) mass is 568 g/mol. The fourth-order valence-electron chi connectivity index (χ4n) is 4.89. The molecule has 5 rings (SSSR count). The molecule has 2 saturated heterocycles. The van der Waals surface area contributed by atoms with Crippen LogP contribution in [0.3, 0.4) is 0 Å². The second-order valence-corrected chi connectivity index (χ2v) is 10.9. The maximum absolute atomic E-state index is 13.5. The lowest BCUT2D eigenvalue weighted by atomic mass is 10.1. The highest BCUT2D eigenvalue weighted by Gasteiger charge is 2.21. The average Bonchev–Trinajstić information content (AvgIpc) is 3.49. The Hall–Kier alpha value is -3.12. The number of amides is 1. The topological polar surface area (TPSA) is 103 Å². The van der Waals surface area contributed by atoms with Crippen molar-refractivity contribution in [2.24, 2.45) is 0 Å². The van der Waals surface area contributed by atoms with Crippen molar-refractivity contribution >= 4 is 34.4 Å². The van der Waals surface area contributed by atoms with E-state index in [1.165, 1.54) is 24.3 Å². The van der Waals surface area contributed by atoms with Gasteiger partial charge < -0.3 is 14.8 Å². The molecule has 1 amide bonds. The van der Waals surface area contributed by atoms with Crippen molar-refractivity contribution in [1.29, 1.82) is 0 Å². The maximum atomic E-state index is 13.5. The van der Waals surface area contributed by atoms with Gasteiger partial charge in [-0.15, -0.1) is 0 Å². The molecule has 0 spiro atoms. The summed E-state index contributed by atoms with van der Waals surface area (Å²) in [4.78, 5) is 46.2. The van der Waals surface area contributed by atoms with Crippen LogP contribution in [0.1, 0.15) is 40.0 Å². The molecule has 0 bridgehead atoms. The van der Waals surface area contributed by atoms with Crippen LogP contribution in [0.25, 0.3) is 10.9 Å². The van der Waals surface area contributed by atoms with E-state index in [-0.39, 0.29) is 29.1 Å². The van der Waals surface area contributed by atoms with Crippen molar-refractivity contribution in [3.63, 3.8) is 0 Å². The number of rotatable bonds is 11. The Kier molecular flexibility index (Phi) is 9.58. The molecule has 2 aliphatic heterocycles. The first-order chi connectivity index (χ1) is 19.5. The standard InChI is InChI=1S/C29H33FN4O5S/c30-22-7-4-20(5-8-22)26(35)19-40-29-32-25-17-21(27(36)31-10-2-11-33-12-15-38-16-13-33)6-9-24(25)28(37)34(29)18-23-3-1-14-39-23/h4-9,17,23H,1-3,10-16,18-19H2,(H,31,36). The zero-order chi connectivity index (χ0) is 27.9. The molecule has 0 aliphatic carbocycles. The van der Waals surface area contributed by atoms with Crippen LogP contribution in [0.2, 0.25) is 0 Å². The van der Waals surface area contributed by atoms with Gasteiger partial charge in [0.2, 0.25) is 0 Å². The zero-order valence-electron chi connectivity index (χ0n) is 22.3.